The van der Waals surface area contributed by atoms with E-state index in [-0.39, 0.29) is 68.4 Å². The Morgan fingerprint density at radius 3 is 1.87 bits per heavy atom. The molecule has 245 valence electrons. The fraction of sp³-hybridized carbons (Fsp3) is 0.526. The molecule has 5 rings (SSSR count). The largest absolute Gasteiger partial charge is 0.469 e. The monoisotopic (exact) mass is 710 g/mol. The fourth-order valence-corrected chi connectivity index (χ4v) is 4.89. The number of imidazole rings is 1. The maximum absolute atomic E-state index is 11.6. The van der Waals surface area contributed by atoms with Gasteiger partial charge in [-0.05, 0) is 6.07 Å². The van der Waals surface area contributed by atoms with E-state index < -0.39 is 89.2 Å². The number of aliphatic hydroxyl groups excluding tert-OH is 4. The van der Waals surface area contributed by atoms with Gasteiger partial charge < -0.3 is 60.2 Å². The SMILES string of the molecule is Nc1ccn([C@@H]2O[C@H](COP(=O)(O)O)[C@@H](O)[C@H]2O)c(=O)n1.O=c1[nH]cnc2c1ncn2[C@@H]1O[C@H](COP(=O)(O)O)[C@@H](O)[C@H]1O.[K]. The molecule has 2 saturated heterocycles. The van der Waals surface area contributed by atoms with Gasteiger partial charge in [0, 0.05) is 57.6 Å². The number of aromatic amines is 1. The van der Waals surface area contributed by atoms with Crippen LogP contribution in [0.5, 0.6) is 0 Å². The topological polar surface area (TPSA) is 357 Å². The summed E-state index contributed by atoms with van der Waals surface area (Å²) in [4.78, 5) is 71.4. The van der Waals surface area contributed by atoms with Crippen LogP contribution in [0.4, 0.5) is 5.82 Å². The van der Waals surface area contributed by atoms with Gasteiger partial charge in [-0.2, -0.15) is 4.98 Å². The minimum Gasteiger partial charge on any atom is -0.387 e. The number of nitrogens with one attached hydrogen (secondary N) is 1. The quantitative estimate of drug-likeness (QED) is 0.0772. The summed E-state index contributed by atoms with van der Waals surface area (Å²) in [6.07, 6.45) is -7.12. The summed E-state index contributed by atoms with van der Waals surface area (Å²) in [6, 6.07) is 1.29. The van der Waals surface area contributed by atoms with Crippen molar-refractivity contribution in [3.63, 3.8) is 0 Å². The van der Waals surface area contributed by atoms with Crippen molar-refractivity contribution in [1.82, 2.24) is 29.1 Å². The van der Waals surface area contributed by atoms with E-state index in [0.29, 0.717) is 0 Å². The maximum Gasteiger partial charge on any atom is 0.469 e. The number of phosphoric acid groups is 2. The Balaban J connectivity index is 0.000000241. The van der Waals surface area contributed by atoms with E-state index in [4.69, 9.17) is 34.8 Å². The summed E-state index contributed by atoms with van der Waals surface area (Å²) in [7, 11) is -9.48. The third-order valence-corrected chi connectivity index (χ3v) is 7.22. The van der Waals surface area contributed by atoms with Crippen LogP contribution in [0.25, 0.3) is 11.2 Å². The van der Waals surface area contributed by atoms with Crippen molar-refractivity contribution in [1.29, 1.82) is 0 Å². The van der Waals surface area contributed by atoms with E-state index in [1.54, 1.807) is 0 Å². The van der Waals surface area contributed by atoms with Gasteiger partial charge in [0.1, 0.15) is 42.4 Å². The van der Waals surface area contributed by atoms with Gasteiger partial charge in [0.2, 0.25) is 0 Å². The molecule has 1 radical (unpaired) electrons. The van der Waals surface area contributed by atoms with Gasteiger partial charge in [-0.3, -0.25) is 23.0 Å². The van der Waals surface area contributed by atoms with Crippen LogP contribution in [0.3, 0.4) is 0 Å². The second-order valence-corrected chi connectivity index (χ2v) is 11.7. The Hall–Kier alpha value is -1.35. The zero-order valence-electron chi connectivity index (χ0n) is 22.9. The molecule has 2 aliphatic heterocycles. The number of aromatic nitrogens is 6. The second-order valence-electron chi connectivity index (χ2n) is 9.26. The van der Waals surface area contributed by atoms with Crippen molar-refractivity contribution < 1.29 is 67.7 Å². The van der Waals surface area contributed by atoms with E-state index in [2.05, 4.69) is 29.0 Å². The zero-order chi connectivity index (χ0) is 32.6. The third kappa shape index (κ3) is 9.38. The first-order valence-corrected chi connectivity index (χ1v) is 15.2. The van der Waals surface area contributed by atoms with Crippen LogP contribution in [0, 0.1) is 0 Å². The standard InChI is InChI=1S/C10H13N4O8P.C9H14N3O8P.K/c15-6-4(1-21-23(18,19)20)22-10(7(6)16)14-3-13-5-8(14)11-2-12-9(5)17;10-5-1-2-12(9(15)11-5)8-7(14)6(13)4(20-8)3-19-21(16,17)18;/h2-4,6-7,10,15-16H,1H2,(H,11,12,17)(H2,18,19,20);1-2,4,6-8,13-14H,3H2,(H2,10,11,15)(H2,16,17,18);/t4-,6-,7-,10-;4-,6-,7-,8-;/m11./s1. The molecule has 0 unspecified atom stereocenters. The number of aliphatic hydroxyl groups is 4. The molecule has 0 bridgehead atoms. The summed E-state index contributed by atoms with van der Waals surface area (Å²) in [5, 5.41) is 39.6. The van der Waals surface area contributed by atoms with Gasteiger partial charge in [0.05, 0.1) is 25.9 Å². The van der Waals surface area contributed by atoms with Gasteiger partial charge in [0.25, 0.3) is 5.56 Å². The van der Waals surface area contributed by atoms with Crippen molar-refractivity contribution in [2.24, 2.45) is 0 Å². The third-order valence-electron chi connectivity index (χ3n) is 6.25. The van der Waals surface area contributed by atoms with Crippen LogP contribution in [-0.4, -0.2) is 170 Å². The Kier molecular flexibility index (Phi) is 12.9. The van der Waals surface area contributed by atoms with E-state index in [0.717, 1.165) is 10.9 Å². The molecule has 2 fully saturated rings. The number of nitrogens with zero attached hydrogens (tertiary/aromatic N) is 5. The average Bonchev–Trinajstić information content (AvgIpc) is 3.57. The number of nitrogens with two attached hydrogens (primary N) is 1. The minimum absolute atomic E-state index is 0. The zero-order valence-corrected chi connectivity index (χ0v) is 27.8. The van der Waals surface area contributed by atoms with Crippen LogP contribution in [0.15, 0.2) is 34.5 Å². The first-order chi connectivity index (χ1) is 20.5. The molecular weight excluding hydrogens is 683 g/mol. The first kappa shape index (κ1) is 38.1. The number of nitrogen functional groups attached to an aromatic ring is 1. The first-order valence-electron chi connectivity index (χ1n) is 12.1. The number of hydrogen-bond donors (Lipinski definition) is 10. The molecule has 26 heteroatoms. The summed E-state index contributed by atoms with van der Waals surface area (Å²) >= 11 is 0. The molecule has 45 heavy (non-hydrogen) atoms. The molecule has 0 aliphatic carbocycles. The molecule has 0 aromatic carbocycles. The molecule has 0 saturated carbocycles. The average molecular weight is 711 g/mol. The molecule has 5 heterocycles. The van der Waals surface area contributed by atoms with Crippen LogP contribution in [0.2, 0.25) is 0 Å². The number of hydrogen-bond acceptors (Lipinski definition) is 16. The van der Waals surface area contributed by atoms with Gasteiger partial charge in [0.15, 0.2) is 23.6 Å². The number of anilines is 1. The Morgan fingerprint density at radius 1 is 0.867 bits per heavy atom. The van der Waals surface area contributed by atoms with Crippen molar-refractivity contribution in [2.75, 3.05) is 18.9 Å². The molecule has 23 nitrogen and oxygen atoms in total. The van der Waals surface area contributed by atoms with E-state index in [1.807, 2.05) is 0 Å². The molecule has 8 atom stereocenters. The van der Waals surface area contributed by atoms with Crippen LogP contribution >= 0.6 is 15.6 Å². The van der Waals surface area contributed by atoms with Crippen molar-refractivity contribution in [2.45, 2.75) is 49.1 Å². The Morgan fingerprint density at radius 2 is 1.38 bits per heavy atom. The predicted molar refractivity (Wildman–Crippen MR) is 145 cm³/mol. The molecule has 3 aromatic rings. The van der Waals surface area contributed by atoms with Crippen LogP contribution < -0.4 is 17.0 Å². The summed E-state index contributed by atoms with van der Waals surface area (Å²) in [5.74, 6) is -0.0225. The maximum atomic E-state index is 11.6. The Labute approximate surface area is 292 Å². The number of fused-ring (bicyclic) bond motifs is 1. The Bertz CT molecular complexity index is 1680. The van der Waals surface area contributed by atoms with Crippen molar-refractivity contribution in [3.05, 3.63) is 45.8 Å². The van der Waals surface area contributed by atoms with Crippen molar-refractivity contribution >= 4 is 84.0 Å². The summed E-state index contributed by atoms with van der Waals surface area (Å²) in [6.45, 7) is -1.28. The fourth-order valence-electron chi connectivity index (χ4n) is 4.20. The van der Waals surface area contributed by atoms with E-state index >= 15 is 0 Å². The van der Waals surface area contributed by atoms with Crippen molar-refractivity contribution in [3.8, 4) is 0 Å². The van der Waals surface area contributed by atoms with Gasteiger partial charge in [-0.1, -0.05) is 0 Å². The minimum atomic E-state index is -4.74. The van der Waals surface area contributed by atoms with E-state index in [9.17, 15) is 39.1 Å². The number of H-pyrrole nitrogens is 1. The molecule has 3 aromatic heterocycles. The molecule has 11 N–H and O–H groups in total. The number of rotatable bonds is 8. The summed E-state index contributed by atoms with van der Waals surface area (Å²) in [5.41, 5.74) is 4.19. The van der Waals surface area contributed by atoms with Crippen LogP contribution in [-0.2, 0) is 27.7 Å². The second kappa shape index (κ2) is 15.2. The molecular formula is C19H27KN7O16P2. The number of ether oxygens (including phenoxy) is 2. The molecule has 0 amide bonds. The smallest absolute Gasteiger partial charge is 0.387 e. The molecule has 2 aliphatic rings. The van der Waals surface area contributed by atoms with E-state index in [1.165, 1.54) is 23.2 Å². The van der Waals surface area contributed by atoms with Crippen LogP contribution in [0.1, 0.15) is 12.5 Å². The van der Waals surface area contributed by atoms with Gasteiger partial charge in [-0.25, -0.2) is 23.9 Å². The van der Waals surface area contributed by atoms with Gasteiger partial charge in [-0.15, -0.1) is 0 Å². The summed E-state index contributed by atoms with van der Waals surface area (Å²) < 4.78 is 42.5. The normalized spacial score (nSPS) is 28.4. The number of phosphoric ester groups is 2. The van der Waals surface area contributed by atoms with Gasteiger partial charge >= 0.3 is 21.3 Å². The molecule has 0 spiro atoms. The predicted octanol–water partition coefficient (Wildman–Crippen LogP) is -4.98.